The molecule has 3 heterocycles. The van der Waals surface area contributed by atoms with E-state index < -0.39 is 0 Å². The van der Waals surface area contributed by atoms with Crippen molar-refractivity contribution < 1.29 is 8.78 Å². The van der Waals surface area contributed by atoms with E-state index in [1.54, 1.807) is 25.1 Å². The lowest BCUT2D eigenvalue weighted by molar-refractivity contribution is 0.175. The van der Waals surface area contributed by atoms with Gasteiger partial charge in [-0.15, -0.1) is 0 Å². The molecule has 0 unspecified atom stereocenters. The number of hydrogen-bond donors (Lipinski definition) is 2. The van der Waals surface area contributed by atoms with E-state index >= 15 is 0 Å². The molecule has 4 rings (SSSR count). The average Bonchev–Trinajstić information content (AvgIpc) is 3.15. The molecule has 1 aromatic carbocycles. The van der Waals surface area contributed by atoms with Crippen LogP contribution in [-0.4, -0.2) is 33.2 Å². The van der Waals surface area contributed by atoms with Crippen molar-refractivity contribution in [2.24, 2.45) is 5.92 Å². The van der Waals surface area contributed by atoms with Crippen LogP contribution in [0.3, 0.4) is 0 Å². The lowest BCUT2D eigenvalue weighted by Crippen LogP contribution is -2.34. The molecular weight excluding hydrogens is 420 g/mol. The highest BCUT2D eigenvalue weighted by molar-refractivity contribution is 6.30. The molecule has 0 saturated carbocycles. The van der Waals surface area contributed by atoms with Gasteiger partial charge in [-0.1, -0.05) is 23.7 Å². The third-order valence-electron chi connectivity index (χ3n) is 5.78. The van der Waals surface area contributed by atoms with Crippen molar-refractivity contribution in [3.05, 3.63) is 69.5 Å². The lowest BCUT2D eigenvalue weighted by atomic mass is 9.91. The van der Waals surface area contributed by atoms with Crippen molar-refractivity contribution in [2.45, 2.75) is 39.7 Å². The number of hydrogen-bond acceptors (Lipinski definition) is 4. The van der Waals surface area contributed by atoms with Crippen LogP contribution in [0.5, 0.6) is 0 Å². The summed E-state index contributed by atoms with van der Waals surface area (Å²) in [7, 11) is 0. The molecule has 1 fully saturated rings. The maximum absolute atomic E-state index is 14.6. The van der Waals surface area contributed by atoms with Gasteiger partial charge in [0.05, 0.1) is 5.02 Å². The maximum atomic E-state index is 14.6. The molecule has 3 aromatic rings. The van der Waals surface area contributed by atoms with E-state index in [2.05, 4.69) is 25.4 Å². The van der Waals surface area contributed by atoms with Crippen molar-refractivity contribution in [2.75, 3.05) is 18.4 Å². The molecule has 2 aromatic heterocycles. The van der Waals surface area contributed by atoms with Crippen molar-refractivity contribution in [3.8, 4) is 0 Å². The standard InChI is InChI=1S/C23H26ClF2N5/c1-14-10-18(27-23(21(14)25)28-20-11-15(2)29-30-20)12-16-6-8-31(9-7-16)13-17-4-3-5-19(24)22(17)26/h3-5,10-11,16H,6-9,12-13H2,1-2H3,(H2,27,28,29,30). The summed E-state index contributed by atoms with van der Waals surface area (Å²) in [5.41, 5.74) is 2.95. The molecule has 0 radical (unpaired) electrons. The monoisotopic (exact) mass is 445 g/mol. The molecule has 0 aliphatic carbocycles. The molecule has 1 aliphatic rings. The Morgan fingerprint density at radius 2 is 1.94 bits per heavy atom. The predicted octanol–water partition coefficient (Wildman–Crippen LogP) is 5.55. The minimum absolute atomic E-state index is 0.166. The van der Waals surface area contributed by atoms with Gasteiger partial charge in [0, 0.05) is 29.6 Å². The summed E-state index contributed by atoms with van der Waals surface area (Å²) >= 11 is 5.90. The summed E-state index contributed by atoms with van der Waals surface area (Å²) in [6.45, 7) is 5.97. The molecular formula is C23H26ClF2N5. The predicted molar refractivity (Wildman–Crippen MR) is 119 cm³/mol. The summed E-state index contributed by atoms with van der Waals surface area (Å²) in [4.78, 5) is 6.77. The van der Waals surface area contributed by atoms with E-state index in [1.807, 2.05) is 19.1 Å². The number of piperidine rings is 1. The number of benzene rings is 1. The van der Waals surface area contributed by atoms with Crippen LogP contribution in [0.25, 0.3) is 0 Å². The molecule has 1 saturated heterocycles. The van der Waals surface area contributed by atoms with Gasteiger partial charge in [0.15, 0.2) is 17.5 Å². The number of rotatable bonds is 6. The minimum Gasteiger partial charge on any atom is -0.321 e. The fourth-order valence-corrected chi connectivity index (χ4v) is 4.27. The number of pyridine rings is 1. The number of halogens is 3. The first kappa shape index (κ1) is 21.7. The summed E-state index contributed by atoms with van der Waals surface area (Å²) in [5.74, 6) is 0.517. The lowest BCUT2D eigenvalue weighted by Gasteiger charge is -2.32. The second-order valence-electron chi connectivity index (χ2n) is 8.29. The second-order valence-corrected chi connectivity index (χ2v) is 8.70. The smallest absolute Gasteiger partial charge is 0.168 e. The molecule has 0 spiro atoms. The number of aromatic nitrogens is 3. The summed E-state index contributed by atoms with van der Waals surface area (Å²) in [5, 5.41) is 10.1. The van der Waals surface area contributed by atoms with Crippen LogP contribution in [0.2, 0.25) is 5.02 Å². The molecule has 0 bridgehead atoms. The molecule has 2 N–H and O–H groups in total. The zero-order chi connectivity index (χ0) is 22.0. The van der Waals surface area contributed by atoms with E-state index in [-0.39, 0.29) is 22.5 Å². The van der Waals surface area contributed by atoms with Crippen molar-refractivity contribution >= 4 is 23.2 Å². The van der Waals surface area contributed by atoms with E-state index in [4.69, 9.17) is 11.6 Å². The summed E-state index contributed by atoms with van der Waals surface area (Å²) in [6, 6.07) is 8.77. The number of aryl methyl sites for hydroxylation is 2. The van der Waals surface area contributed by atoms with Crippen LogP contribution in [-0.2, 0) is 13.0 Å². The van der Waals surface area contributed by atoms with E-state index in [0.29, 0.717) is 29.4 Å². The molecule has 31 heavy (non-hydrogen) atoms. The highest BCUT2D eigenvalue weighted by atomic mass is 35.5. The van der Waals surface area contributed by atoms with Crippen LogP contribution >= 0.6 is 11.6 Å². The van der Waals surface area contributed by atoms with Gasteiger partial charge in [-0.05, 0) is 69.8 Å². The first-order chi connectivity index (χ1) is 14.9. The maximum Gasteiger partial charge on any atom is 0.168 e. The van der Waals surface area contributed by atoms with Gasteiger partial charge < -0.3 is 5.32 Å². The van der Waals surface area contributed by atoms with Gasteiger partial charge in [-0.2, -0.15) is 5.10 Å². The Hall–Kier alpha value is -2.51. The van der Waals surface area contributed by atoms with Crippen molar-refractivity contribution in [3.63, 3.8) is 0 Å². The zero-order valence-corrected chi connectivity index (χ0v) is 18.4. The Kier molecular flexibility index (Phi) is 6.53. The summed E-state index contributed by atoms with van der Waals surface area (Å²) < 4.78 is 28.7. The number of nitrogens with one attached hydrogen (secondary N) is 2. The molecule has 1 aliphatic heterocycles. The van der Waals surface area contributed by atoms with Crippen LogP contribution in [0.4, 0.5) is 20.4 Å². The molecule has 164 valence electrons. The van der Waals surface area contributed by atoms with Gasteiger partial charge in [0.1, 0.15) is 5.82 Å². The molecule has 8 heteroatoms. The van der Waals surface area contributed by atoms with Crippen LogP contribution in [0.15, 0.2) is 30.3 Å². The number of anilines is 2. The Balaban J connectivity index is 1.37. The SMILES string of the molecule is Cc1cc(Nc2nc(CC3CCN(Cc4cccc(Cl)c4F)CC3)cc(C)c2F)n[nH]1. The Labute approximate surface area is 185 Å². The van der Waals surface area contributed by atoms with Crippen LogP contribution in [0, 0.1) is 31.4 Å². The minimum atomic E-state index is -0.359. The highest BCUT2D eigenvalue weighted by Gasteiger charge is 2.22. The van der Waals surface area contributed by atoms with E-state index in [0.717, 1.165) is 43.7 Å². The first-order valence-electron chi connectivity index (χ1n) is 10.5. The third-order valence-corrected chi connectivity index (χ3v) is 6.07. The average molecular weight is 446 g/mol. The molecule has 0 amide bonds. The molecule has 0 atom stereocenters. The van der Waals surface area contributed by atoms with Crippen LogP contribution < -0.4 is 5.32 Å². The van der Waals surface area contributed by atoms with Gasteiger partial charge in [-0.3, -0.25) is 10.00 Å². The van der Waals surface area contributed by atoms with E-state index in [9.17, 15) is 8.78 Å². The van der Waals surface area contributed by atoms with Gasteiger partial charge in [-0.25, -0.2) is 13.8 Å². The third kappa shape index (κ3) is 5.22. The van der Waals surface area contributed by atoms with Crippen molar-refractivity contribution in [1.82, 2.24) is 20.1 Å². The number of nitrogens with zero attached hydrogens (tertiary/aromatic N) is 3. The number of aromatic amines is 1. The largest absolute Gasteiger partial charge is 0.321 e. The van der Waals surface area contributed by atoms with E-state index in [1.165, 1.54) is 0 Å². The first-order valence-corrected chi connectivity index (χ1v) is 10.9. The zero-order valence-electron chi connectivity index (χ0n) is 17.7. The van der Waals surface area contributed by atoms with Crippen LogP contribution in [0.1, 0.15) is 35.4 Å². The second kappa shape index (κ2) is 9.32. The van der Waals surface area contributed by atoms with Crippen molar-refractivity contribution in [1.29, 1.82) is 0 Å². The highest BCUT2D eigenvalue weighted by Crippen LogP contribution is 2.27. The van der Waals surface area contributed by atoms with Gasteiger partial charge in [0.2, 0.25) is 0 Å². The topological polar surface area (TPSA) is 56.8 Å². The number of H-pyrrole nitrogens is 1. The normalized spacial score (nSPS) is 15.4. The molecule has 5 nitrogen and oxygen atoms in total. The Morgan fingerprint density at radius 1 is 1.16 bits per heavy atom. The Bertz CT molecular complexity index is 1060. The van der Waals surface area contributed by atoms with Gasteiger partial charge in [0.25, 0.3) is 0 Å². The Morgan fingerprint density at radius 3 is 2.65 bits per heavy atom. The summed E-state index contributed by atoms with van der Waals surface area (Å²) in [6.07, 6.45) is 2.76. The quantitative estimate of drug-likeness (QED) is 0.522. The fraction of sp³-hybridized carbons (Fsp3) is 0.391. The van der Waals surface area contributed by atoms with Gasteiger partial charge >= 0.3 is 0 Å². The number of likely N-dealkylation sites (tertiary alicyclic amines) is 1. The fourth-order valence-electron chi connectivity index (χ4n) is 4.07.